The maximum atomic E-state index is 11.8. The Kier molecular flexibility index (Phi) is 5.62. The predicted octanol–water partition coefficient (Wildman–Crippen LogP) is 1.51. The Morgan fingerprint density at radius 2 is 1.73 bits per heavy atom. The molecule has 0 saturated heterocycles. The van der Waals surface area contributed by atoms with Crippen molar-refractivity contribution in [1.82, 2.24) is 15.5 Å². The summed E-state index contributed by atoms with van der Waals surface area (Å²) in [7, 11) is 3.82. The fourth-order valence-corrected chi connectivity index (χ4v) is 2.04. The average molecular weight is 307 g/mol. The molecule has 0 aliphatic rings. The van der Waals surface area contributed by atoms with Crippen molar-refractivity contribution in [3.05, 3.63) is 48.3 Å². The number of aliphatic hydroxyl groups excluding tert-OH is 1. The molecular formula is C15H21N3O4. The first-order chi connectivity index (χ1) is 10.6. The second kappa shape index (κ2) is 7.67. The lowest BCUT2D eigenvalue weighted by Gasteiger charge is -2.22. The van der Waals surface area contributed by atoms with Crippen LogP contribution in [0.15, 0.2) is 45.6 Å². The number of nitrogens with one attached hydrogen (secondary N) is 2. The summed E-state index contributed by atoms with van der Waals surface area (Å²) in [5.74, 6) is 1.20. The maximum Gasteiger partial charge on any atom is 0.314 e. The first-order valence-electron chi connectivity index (χ1n) is 7.01. The molecule has 0 aliphatic heterocycles. The number of furan rings is 2. The molecule has 7 nitrogen and oxygen atoms in total. The van der Waals surface area contributed by atoms with Crippen molar-refractivity contribution in [3.63, 3.8) is 0 Å². The molecule has 0 fully saturated rings. The van der Waals surface area contributed by atoms with E-state index in [1.165, 1.54) is 6.26 Å². The smallest absolute Gasteiger partial charge is 0.314 e. The molecule has 2 unspecified atom stereocenters. The topological polar surface area (TPSA) is 90.9 Å². The summed E-state index contributed by atoms with van der Waals surface area (Å²) in [6.45, 7) is 0.468. The number of aliphatic hydroxyl groups is 1. The number of likely N-dealkylation sites (N-methyl/N-ethyl adjacent to an activating group) is 1. The van der Waals surface area contributed by atoms with E-state index in [1.807, 2.05) is 31.1 Å². The third-order valence-electron chi connectivity index (χ3n) is 3.28. The number of carbonyl (C=O) groups is 1. The summed E-state index contributed by atoms with van der Waals surface area (Å²) in [6.07, 6.45) is 2.21. The average Bonchev–Trinajstić information content (AvgIpc) is 3.17. The molecule has 0 bridgehead atoms. The van der Waals surface area contributed by atoms with E-state index >= 15 is 0 Å². The van der Waals surface area contributed by atoms with E-state index in [0.29, 0.717) is 12.3 Å². The molecule has 2 amide bonds. The molecule has 2 aromatic rings. The van der Waals surface area contributed by atoms with Crippen LogP contribution in [0.5, 0.6) is 0 Å². The normalized spacial score (nSPS) is 13.8. The van der Waals surface area contributed by atoms with Crippen LogP contribution in [-0.2, 0) is 0 Å². The zero-order valence-corrected chi connectivity index (χ0v) is 12.7. The zero-order chi connectivity index (χ0) is 15.9. The van der Waals surface area contributed by atoms with Crippen LogP contribution in [0.4, 0.5) is 4.79 Å². The van der Waals surface area contributed by atoms with Gasteiger partial charge in [0.25, 0.3) is 0 Å². The summed E-state index contributed by atoms with van der Waals surface area (Å²) in [5, 5.41) is 15.2. The lowest BCUT2D eigenvalue weighted by Crippen LogP contribution is -2.41. The number of carbonyl (C=O) groups excluding carboxylic acids is 1. The van der Waals surface area contributed by atoms with Gasteiger partial charge >= 0.3 is 6.03 Å². The largest absolute Gasteiger partial charge is 0.468 e. The maximum absolute atomic E-state index is 11.8. The summed E-state index contributed by atoms with van der Waals surface area (Å²) in [6, 6.07) is 6.60. The van der Waals surface area contributed by atoms with Gasteiger partial charge in [0.15, 0.2) is 0 Å². The van der Waals surface area contributed by atoms with Gasteiger partial charge in [-0.15, -0.1) is 0 Å². The molecule has 2 heterocycles. The van der Waals surface area contributed by atoms with E-state index in [4.69, 9.17) is 8.83 Å². The number of nitrogens with zero attached hydrogens (tertiary/aromatic N) is 1. The minimum absolute atomic E-state index is 0.0595. The molecule has 0 spiro atoms. The van der Waals surface area contributed by atoms with Crippen molar-refractivity contribution in [2.75, 3.05) is 27.2 Å². The molecule has 2 aromatic heterocycles. The van der Waals surface area contributed by atoms with Crippen molar-refractivity contribution in [3.8, 4) is 0 Å². The Labute approximate surface area is 128 Å². The van der Waals surface area contributed by atoms with E-state index in [1.54, 1.807) is 18.4 Å². The molecule has 22 heavy (non-hydrogen) atoms. The van der Waals surface area contributed by atoms with Gasteiger partial charge < -0.3 is 24.6 Å². The number of hydrogen-bond donors (Lipinski definition) is 3. The van der Waals surface area contributed by atoms with Crippen molar-refractivity contribution in [2.45, 2.75) is 12.1 Å². The van der Waals surface area contributed by atoms with Gasteiger partial charge in [0.1, 0.15) is 17.6 Å². The molecule has 0 radical (unpaired) electrons. The van der Waals surface area contributed by atoms with Crippen LogP contribution < -0.4 is 10.6 Å². The molecular weight excluding hydrogens is 286 g/mol. The number of amides is 2. The minimum Gasteiger partial charge on any atom is -0.468 e. The number of urea groups is 1. The van der Waals surface area contributed by atoms with Gasteiger partial charge in [-0.3, -0.25) is 4.90 Å². The van der Waals surface area contributed by atoms with E-state index < -0.39 is 6.10 Å². The first kappa shape index (κ1) is 16.1. The second-order valence-electron chi connectivity index (χ2n) is 5.12. The highest BCUT2D eigenvalue weighted by Crippen LogP contribution is 2.17. The monoisotopic (exact) mass is 307 g/mol. The minimum atomic E-state index is -0.865. The quantitative estimate of drug-likeness (QED) is 0.721. The standard InChI is InChI=1S/C15H21N3O4/c1-18(2)11(13-5-3-7-21-13)9-16-15(20)17-10-12(19)14-6-4-8-22-14/h3-8,11-12,19H,9-10H2,1-2H3,(H2,16,17,20). The molecule has 2 rings (SSSR count). The van der Waals surface area contributed by atoms with E-state index in [-0.39, 0.29) is 18.6 Å². The van der Waals surface area contributed by atoms with Gasteiger partial charge in [-0.2, -0.15) is 0 Å². The van der Waals surface area contributed by atoms with Crippen LogP contribution in [0.3, 0.4) is 0 Å². The third kappa shape index (κ3) is 4.37. The Balaban J connectivity index is 1.77. The summed E-state index contributed by atoms with van der Waals surface area (Å²) < 4.78 is 10.4. The predicted molar refractivity (Wildman–Crippen MR) is 80.2 cm³/mol. The van der Waals surface area contributed by atoms with Crippen LogP contribution in [0.2, 0.25) is 0 Å². The van der Waals surface area contributed by atoms with Crippen molar-refractivity contribution < 1.29 is 18.7 Å². The van der Waals surface area contributed by atoms with Crippen LogP contribution >= 0.6 is 0 Å². The lowest BCUT2D eigenvalue weighted by molar-refractivity contribution is 0.147. The van der Waals surface area contributed by atoms with Crippen molar-refractivity contribution >= 4 is 6.03 Å². The molecule has 0 saturated carbocycles. The summed E-state index contributed by atoms with van der Waals surface area (Å²) in [5.41, 5.74) is 0. The fourth-order valence-electron chi connectivity index (χ4n) is 2.04. The second-order valence-corrected chi connectivity index (χ2v) is 5.12. The first-order valence-corrected chi connectivity index (χ1v) is 7.01. The van der Waals surface area contributed by atoms with Crippen molar-refractivity contribution in [1.29, 1.82) is 0 Å². The number of hydrogen-bond acceptors (Lipinski definition) is 5. The summed E-state index contributed by atoms with van der Waals surface area (Å²) >= 11 is 0. The lowest BCUT2D eigenvalue weighted by atomic mass is 10.2. The Morgan fingerprint density at radius 3 is 2.27 bits per heavy atom. The van der Waals surface area contributed by atoms with Gasteiger partial charge in [-0.1, -0.05) is 0 Å². The molecule has 3 N–H and O–H groups in total. The zero-order valence-electron chi connectivity index (χ0n) is 12.7. The van der Waals surface area contributed by atoms with Crippen LogP contribution in [0.1, 0.15) is 23.7 Å². The van der Waals surface area contributed by atoms with Gasteiger partial charge in [-0.05, 0) is 38.4 Å². The molecule has 2 atom stereocenters. The summed E-state index contributed by atoms with van der Waals surface area (Å²) in [4.78, 5) is 13.8. The Bertz CT molecular complexity index is 551. The molecule has 7 heteroatoms. The van der Waals surface area contributed by atoms with Gasteiger partial charge in [0, 0.05) is 6.54 Å². The Hall–Kier alpha value is -2.25. The van der Waals surface area contributed by atoms with Crippen LogP contribution in [0, 0.1) is 0 Å². The molecule has 0 aromatic carbocycles. The Morgan fingerprint density at radius 1 is 1.14 bits per heavy atom. The highest BCUT2D eigenvalue weighted by molar-refractivity contribution is 5.73. The van der Waals surface area contributed by atoms with Crippen LogP contribution in [-0.4, -0.2) is 43.2 Å². The van der Waals surface area contributed by atoms with E-state index in [0.717, 1.165) is 5.76 Å². The molecule has 120 valence electrons. The highest BCUT2D eigenvalue weighted by Gasteiger charge is 2.18. The van der Waals surface area contributed by atoms with Crippen molar-refractivity contribution in [2.24, 2.45) is 0 Å². The molecule has 0 aliphatic carbocycles. The van der Waals surface area contributed by atoms with Gasteiger partial charge in [-0.25, -0.2) is 4.79 Å². The third-order valence-corrected chi connectivity index (χ3v) is 3.28. The van der Waals surface area contributed by atoms with Gasteiger partial charge in [0.05, 0.1) is 25.1 Å². The van der Waals surface area contributed by atoms with Gasteiger partial charge in [0.2, 0.25) is 0 Å². The fraction of sp³-hybridized carbons (Fsp3) is 0.400. The van der Waals surface area contributed by atoms with Crippen LogP contribution in [0.25, 0.3) is 0 Å². The van der Waals surface area contributed by atoms with E-state index in [2.05, 4.69) is 10.6 Å². The highest BCUT2D eigenvalue weighted by atomic mass is 16.4. The SMILES string of the molecule is CN(C)C(CNC(=O)NCC(O)c1ccco1)c1ccco1. The van der Waals surface area contributed by atoms with E-state index in [9.17, 15) is 9.90 Å². The number of rotatable bonds is 7.